The molecule has 0 aliphatic rings. The van der Waals surface area contributed by atoms with Crippen LogP contribution in [0, 0.1) is 0 Å². The minimum absolute atomic E-state index is 0.0207. The van der Waals surface area contributed by atoms with Crippen molar-refractivity contribution < 1.29 is 0 Å². The Labute approximate surface area is 82.0 Å². The van der Waals surface area contributed by atoms with E-state index in [1.165, 1.54) is 0 Å². The van der Waals surface area contributed by atoms with Crippen molar-refractivity contribution in [2.45, 2.75) is 19.4 Å². The third-order valence-electron chi connectivity index (χ3n) is 2.25. The van der Waals surface area contributed by atoms with Crippen LogP contribution in [0.3, 0.4) is 0 Å². The van der Waals surface area contributed by atoms with Crippen LogP contribution in [-0.4, -0.2) is 19.7 Å². The summed E-state index contributed by atoms with van der Waals surface area (Å²) in [5.41, 5.74) is 7.92. The van der Waals surface area contributed by atoms with E-state index in [1.54, 1.807) is 18.7 Å². The first-order chi connectivity index (χ1) is 6.83. The lowest BCUT2D eigenvalue weighted by molar-refractivity contribution is 0.660. The molecule has 2 rings (SSSR count). The summed E-state index contributed by atoms with van der Waals surface area (Å²) in [6.07, 6.45) is 7.99. The van der Waals surface area contributed by atoms with Gasteiger partial charge < -0.3 is 5.73 Å². The number of hydrogen-bond acceptors (Lipinski definition) is 3. The highest BCUT2D eigenvalue weighted by atomic mass is 15.2. The van der Waals surface area contributed by atoms with Gasteiger partial charge in [-0.25, -0.2) is 4.98 Å². The molecule has 3 N–H and O–H groups in total. The quantitative estimate of drug-likeness (QED) is 0.760. The fourth-order valence-corrected chi connectivity index (χ4v) is 1.38. The Morgan fingerprint density at radius 3 is 3.07 bits per heavy atom. The van der Waals surface area contributed by atoms with Gasteiger partial charge in [-0.15, -0.1) is 0 Å². The van der Waals surface area contributed by atoms with Crippen LogP contribution in [0.25, 0.3) is 5.69 Å². The Balaban J connectivity index is 2.40. The molecule has 0 aromatic carbocycles. The highest BCUT2D eigenvalue weighted by Crippen LogP contribution is 2.16. The summed E-state index contributed by atoms with van der Waals surface area (Å²) in [6.45, 7) is 2.05. The number of hydrogen-bond donors (Lipinski definition) is 2. The van der Waals surface area contributed by atoms with Crippen LogP contribution in [0.4, 0.5) is 0 Å². The lowest BCUT2D eigenvalue weighted by Gasteiger charge is -2.10. The van der Waals surface area contributed by atoms with Crippen molar-refractivity contribution in [3.8, 4) is 5.69 Å². The minimum Gasteiger partial charge on any atom is -0.323 e. The summed E-state index contributed by atoms with van der Waals surface area (Å²) in [7, 11) is 0. The number of H-pyrrole nitrogens is 1. The van der Waals surface area contributed by atoms with Crippen LogP contribution in [0.15, 0.2) is 24.9 Å². The van der Waals surface area contributed by atoms with Crippen molar-refractivity contribution in [1.82, 2.24) is 19.7 Å². The average Bonchev–Trinajstić information content (AvgIpc) is 2.85. The second kappa shape index (κ2) is 3.63. The minimum atomic E-state index is 0.0207. The highest BCUT2D eigenvalue weighted by Gasteiger charge is 2.10. The largest absolute Gasteiger partial charge is 0.323 e. The van der Waals surface area contributed by atoms with Crippen molar-refractivity contribution in [1.29, 1.82) is 0 Å². The Morgan fingerprint density at radius 2 is 2.43 bits per heavy atom. The number of imidazole rings is 1. The first kappa shape index (κ1) is 8.96. The zero-order chi connectivity index (χ0) is 9.97. The highest BCUT2D eigenvalue weighted by molar-refractivity contribution is 5.28. The van der Waals surface area contributed by atoms with Gasteiger partial charge in [-0.3, -0.25) is 9.67 Å². The van der Waals surface area contributed by atoms with Gasteiger partial charge in [-0.05, 0) is 6.42 Å². The SMILES string of the molecule is CC[C@@H](N)c1cncn1-c1cn[nH]c1. The summed E-state index contributed by atoms with van der Waals surface area (Å²) in [5, 5.41) is 6.65. The lowest BCUT2D eigenvalue weighted by atomic mass is 10.2. The number of aromatic amines is 1. The van der Waals surface area contributed by atoms with E-state index in [9.17, 15) is 0 Å². The predicted octanol–water partition coefficient (Wildman–Crippen LogP) is 1.01. The molecule has 0 fully saturated rings. The normalized spacial score (nSPS) is 13.0. The van der Waals surface area contributed by atoms with Gasteiger partial charge in [-0.2, -0.15) is 5.10 Å². The number of nitrogens with two attached hydrogens (primary N) is 1. The van der Waals surface area contributed by atoms with Gasteiger partial charge in [0.2, 0.25) is 0 Å². The molecule has 0 saturated heterocycles. The maximum Gasteiger partial charge on any atom is 0.0995 e. The molecule has 0 radical (unpaired) electrons. The van der Waals surface area contributed by atoms with Gasteiger partial charge in [0.15, 0.2) is 0 Å². The first-order valence-electron chi connectivity index (χ1n) is 4.60. The molecule has 0 aliphatic heterocycles. The molecule has 2 heterocycles. The molecule has 1 atom stereocenters. The maximum atomic E-state index is 5.95. The summed E-state index contributed by atoms with van der Waals surface area (Å²) in [4.78, 5) is 4.09. The van der Waals surface area contributed by atoms with Gasteiger partial charge in [0.25, 0.3) is 0 Å². The first-order valence-corrected chi connectivity index (χ1v) is 4.60. The molecule has 0 saturated carbocycles. The molecule has 2 aromatic heterocycles. The second-order valence-corrected chi connectivity index (χ2v) is 3.16. The van der Waals surface area contributed by atoms with E-state index in [1.807, 2.05) is 10.8 Å². The molecule has 2 aromatic rings. The monoisotopic (exact) mass is 191 g/mol. The molecule has 0 spiro atoms. The molecular formula is C9H13N5. The zero-order valence-corrected chi connectivity index (χ0v) is 8.01. The van der Waals surface area contributed by atoms with Gasteiger partial charge in [0, 0.05) is 12.2 Å². The molecular weight excluding hydrogens is 178 g/mol. The molecule has 5 nitrogen and oxygen atoms in total. The van der Waals surface area contributed by atoms with Gasteiger partial charge in [0.1, 0.15) is 0 Å². The van der Waals surface area contributed by atoms with E-state index >= 15 is 0 Å². The number of nitrogens with zero attached hydrogens (tertiary/aromatic N) is 3. The molecule has 14 heavy (non-hydrogen) atoms. The maximum absolute atomic E-state index is 5.95. The Morgan fingerprint density at radius 1 is 1.57 bits per heavy atom. The van der Waals surface area contributed by atoms with E-state index in [0.29, 0.717) is 0 Å². The van der Waals surface area contributed by atoms with Crippen LogP contribution in [0.2, 0.25) is 0 Å². The van der Waals surface area contributed by atoms with Crippen molar-refractivity contribution >= 4 is 0 Å². The van der Waals surface area contributed by atoms with Gasteiger partial charge in [0.05, 0.1) is 30.1 Å². The number of aromatic nitrogens is 4. The van der Waals surface area contributed by atoms with E-state index in [4.69, 9.17) is 5.73 Å². The third-order valence-corrected chi connectivity index (χ3v) is 2.25. The van der Waals surface area contributed by atoms with Crippen LogP contribution in [0.5, 0.6) is 0 Å². The summed E-state index contributed by atoms with van der Waals surface area (Å²) in [6, 6.07) is 0.0207. The standard InChI is InChI=1S/C9H13N5/c1-2-8(10)9-5-11-6-14(9)7-3-12-13-4-7/h3-6,8H,2,10H2,1H3,(H,12,13)/t8-/m1/s1. The van der Waals surface area contributed by atoms with Crippen LogP contribution in [0.1, 0.15) is 25.1 Å². The molecule has 0 aliphatic carbocycles. The molecule has 74 valence electrons. The van der Waals surface area contributed by atoms with Crippen LogP contribution in [-0.2, 0) is 0 Å². The van der Waals surface area contributed by atoms with Crippen molar-refractivity contribution in [3.05, 3.63) is 30.6 Å². The predicted molar refractivity (Wildman–Crippen MR) is 52.9 cm³/mol. The van der Waals surface area contributed by atoms with E-state index in [0.717, 1.165) is 17.8 Å². The fraction of sp³-hybridized carbons (Fsp3) is 0.333. The summed E-state index contributed by atoms with van der Waals surface area (Å²) in [5.74, 6) is 0. The van der Waals surface area contributed by atoms with E-state index in [-0.39, 0.29) is 6.04 Å². The van der Waals surface area contributed by atoms with E-state index < -0.39 is 0 Å². The molecule has 0 amide bonds. The lowest BCUT2D eigenvalue weighted by Crippen LogP contribution is -2.13. The fourth-order valence-electron chi connectivity index (χ4n) is 1.38. The second-order valence-electron chi connectivity index (χ2n) is 3.16. The molecule has 0 unspecified atom stereocenters. The zero-order valence-electron chi connectivity index (χ0n) is 8.01. The Bertz CT molecular complexity index is 389. The molecule has 0 bridgehead atoms. The summed E-state index contributed by atoms with van der Waals surface area (Å²) < 4.78 is 1.94. The van der Waals surface area contributed by atoms with Crippen molar-refractivity contribution in [2.75, 3.05) is 0 Å². The average molecular weight is 191 g/mol. The number of nitrogens with one attached hydrogen (secondary N) is 1. The van der Waals surface area contributed by atoms with Crippen molar-refractivity contribution in [2.24, 2.45) is 5.73 Å². The Kier molecular flexibility index (Phi) is 2.32. The Hall–Kier alpha value is -1.62. The summed E-state index contributed by atoms with van der Waals surface area (Å²) >= 11 is 0. The van der Waals surface area contributed by atoms with Crippen molar-refractivity contribution in [3.63, 3.8) is 0 Å². The van der Waals surface area contributed by atoms with Gasteiger partial charge in [-0.1, -0.05) is 6.92 Å². The van der Waals surface area contributed by atoms with Crippen LogP contribution < -0.4 is 5.73 Å². The molecule has 5 heteroatoms. The van der Waals surface area contributed by atoms with E-state index in [2.05, 4.69) is 22.1 Å². The smallest absolute Gasteiger partial charge is 0.0995 e. The third kappa shape index (κ3) is 1.42. The number of rotatable bonds is 3. The topological polar surface area (TPSA) is 72.5 Å². The van der Waals surface area contributed by atoms with Gasteiger partial charge >= 0.3 is 0 Å². The van der Waals surface area contributed by atoms with Crippen LogP contribution >= 0.6 is 0 Å².